The third kappa shape index (κ3) is 5.21. The van der Waals surface area contributed by atoms with Crippen molar-refractivity contribution in [2.24, 2.45) is 5.73 Å². The van der Waals surface area contributed by atoms with E-state index in [0.29, 0.717) is 18.6 Å². The Morgan fingerprint density at radius 2 is 1.61 bits per heavy atom. The van der Waals surface area contributed by atoms with Crippen LogP contribution in [-0.2, 0) is 10.2 Å². The molecular weight excluding hydrogens is 420 g/mol. The number of hydrogen-bond acceptors (Lipinski definition) is 7. The molecule has 8 heteroatoms. The van der Waals surface area contributed by atoms with Crippen LogP contribution >= 0.6 is 0 Å². The van der Waals surface area contributed by atoms with Crippen molar-refractivity contribution >= 4 is 6.09 Å². The minimum absolute atomic E-state index is 0.0265. The zero-order valence-corrected chi connectivity index (χ0v) is 18.4. The van der Waals surface area contributed by atoms with Crippen LogP contribution in [0.25, 0.3) is 0 Å². The first-order valence-corrected chi connectivity index (χ1v) is 10.6. The minimum Gasteiger partial charge on any atom is -0.490 e. The van der Waals surface area contributed by atoms with Gasteiger partial charge in [0.05, 0.1) is 0 Å². The molecule has 4 rings (SSSR count). The maximum Gasteiger partial charge on any atom is 0.404 e. The summed E-state index contributed by atoms with van der Waals surface area (Å²) in [6.07, 6.45) is 1.92. The van der Waals surface area contributed by atoms with E-state index in [2.05, 4.69) is 35.9 Å². The van der Waals surface area contributed by atoms with Gasteiger partial charge in [-0.15, -0.1) is 0 Å². The van der Waals surface area contributed by atoms with E-state index in [1.165, 1.54) is 12.3 Å². The van der Waals surface area contributed by atoms with Crippen LogP contribution < -0.4 is 15.2 Å². The van der Waals surface area contributed by atoms with E-state index in [9.17, 15) is 4.79 Å². The molecule has 0 aliphatic heterocycles. The Balaban J connectivity index is 1.38. The lowest BCUT2D eigenvalue weighted by Crippen LogP contribution is -2.41. The fourth-order valence-electron chi connectivity index (χ4n) is 3.68. The average Bonchev–Trinajstić information content (AvgIpc) is 2.78. The molecule has 0 spiro atoms. The second-order valence-electron chi connectivity index (χ2n) is 8.38. The number of carbonyl (C=O) groups is 1. The predicted octanol–water partition coefficient (Wildman–Crippen LogP) is 4.47. The van der Waals surface area contributed by atoms with E-state index < -0.39 is 6.09 Å². The number of ether oxygens (including phenoxy) is 3. The molecule has 3 aromatic rings. The lowest BCUT2D eigenvalue weighted by molar-refractivity contribution is -0.0197. The average molecular weight is 444 g/mol. The summed E-state index contributed by atoms with van der Waals surface area (Å²) >= 11 is 0. The standard InChI is InChI=1S/C25H24N4O4/c1-25(2,16-3-7-19(8-4-16)31-21-13-22(14-21)32-23(27)30)17-5-9-20(10-6-17)33-24-28-12-11-18(15-26)29-24/h3-12,21-22H,13-14H2,1-2H3,(H2,27,30). The van der Waals surface area contributed by atoms with Crippen molar-refractivity contribution < 1.29 is 19.0 Å². The highest BCUT2D eigenvalue weighted by atomic mass is 16.6. The number of benzene rings is 2. The number of hydrogen-bond donors (Lipinski definition) is 1. The molecule has 1 fully saturated rings. The number of amides is 1. The molecule has 0 unspecified atom stereocenters. The normalized spacial score (nSPS) is 17.4. The zero-order valence-electron chi connectivity index (χ0n) is 18.4. The number of aromatic nitrogens is 2. The molecule has 1 heterocycles. The molecule has 1 aromatic heterocycles. The van der Waals surface area contributed by atoms with Gasteiger partial charge in [-0.1, -0.05) is 38.1 Å². The van der Waals surface area contributed by atoms with Gasteiger partial charge in [0.25, 0.3) is 0 Å². The summed E-state index contributed by atoms with van der Waals surface area (Å²) in [5, 5.41) is 8.95. The van der Waals surface area contributed by atoms with E-state index in [1.807, 2.05) is 42.5 Å². The van der Waals surface area contributed by atoms with E-state index in [-0.39, 0.29) is 29.3 Å². The summed E-state index contributed by atoms with van der Waals surface area (Å²) in [5.74, 6) is 1.37. The van der Waals surface area contributed by atoms with Crippen LogP contribution in [0.2, 0.25) is 0 Å². The lowest BCUT2D eigenvalue weighted by Gasteiger charge is -2.34. The first-order valence-electron chi connectivity index (χ1n) is 10.6. The molecule has 0 radical (unpaired) electrons. The van der Waals surface area contributed by atoms with E-state index in [4.69, 9.17) is 25.2 Å². The summed E-state index contributed by atoms with van der Waals surface area (Å²) in [7, 11) is 0. The molecular formula is C25H24N4O4. The molecule has 2 N–H and O–H groups in total. The van der Waals surface area contributed by atoms with Crippen LogP contribution in [-0.4, -0.2) is 28.3 Å². The fourth-order valence-corrected chi connectivity index (χ4v) is 3.68. The Kier molecular flexibility index (Phi) is 6.13. The highest BCUT2D eigenvalue weighted by Crippen LogP contribution is 2.35. The monoisotopic (exact) mass is 444 g/mol. The number of nitriles is 1. The molecule has 1 saturated carbocycles. The van der Waals surface area contributed by atoms with Gasteiger partial charge >= 0.3 is 12.1 Å². The summed E-state index contributed by atoms with van der Waals surface area (Å²) in [6, 6.07) is 19.4. The quantitative estimate of drug-likeness (QED) is 0.571. The Bertz CT molecular complexity index is 1160. The molecule has 1 aliphatic rings. The Morgan fingerprint density at radius 1 is 1.00 bits per heavy atom. The molecule has 0 bridgehead atoms. The van der Waals surface area contributed by atoms with Crippen molar-refractivity contribution in [3.63, 3.8) is 0 Å². The van der Waals surface area contributed by atoms with E-state index in [1.54, 1.807) is 0 Å². The SMILES string of the molecule is CC(C)(c1ccc(Oc2nccc(C#N)n2)cc1)c1ccc(OC2CC(OC(N)=O)C2)cc1. The van der Waals surface area contributed by atoms with Crippen molar-refractivity contribution in [2.45, 2.75) is 44.3 Å². The maximum absolute atomic E-state index is 10.8. The molecule has 33 heavy (non-hydrogen) atoms. The molecule has 0 atom stereocenters. The fraction of sp³-hybridized carbons (Fsp3) is 0.280. The highest BCUT2D eigenvalue weighted by Gasteiger charge is 2.33. The molecule has 8 nitrogen and oxygen atoms in total. The second kappa shape index (κ2) is 9.17. The van der Waals surface area contributed by atoms with Crippen LogP contribution in [0.1, 0.15) is 43.5 Å². The van der Waals surface area contributed by atoms with Crippen molar-refractivity contribution in [1.29, 1.82) is 5.26 Å². The predicted molar refractivity (Wildman–Crippen MR) is 120 cm³/mol. The van der Waals surface area contributed by atoms with Gasteiger partial charge in [0.15, 0.2) is 0 Å². The summed E-state index contributed by atoms with van der Waals surface area (Å²) < 4.78 is 16.6. The third-order valence-corrected chi connectivity index (χ3v) is 5.75. The van der Waals surface area contributed by atoms with Gasteiger partial charge in [-0.2, -0.15) is 10.2 Å². The Morgan fingerprint density at radius 3 is 2.18 bits per heavy atom. The van der Waals surface area contributed by atoms with Gasteiger partial charge in [0.2, 0.25) is 0 Å². The van der Waals surface area contributed by atoms with Gasteiger partial charge in [0.1, 0.15) is 35.5 Å². The third-order valence-electron chi connectivity index (χ3n) is 5.75. The number of primary amides is 1. The van der Waals surface area contributed by atoms with Crippen LogP contribution in [0.15, 0.2) is 60.8 Å². The van der Waals surface area contributed by atoms with Crippen LogP contribution in [0.4, 0.5) is 4.79 Å². The largest absolute Gasteiger partial charge is 0.490 e. The van der Waals surface area contributed by atoms with Gasteiger partial charge in [-0.05, 0) is 41.5 Å². The summed E-state index contributed by atoms with van der Waals surface area (Å²) in [6.45, 7) is 4.30. The minimum atomic E-state index is -0.744. The summed E-state index contributed by atoms with van der Waals surface area (Å²) in [4.78, 5) is 18.8. The maximum atomic E-state index is 10.8. The van der Waals surface area contributed by atoms with Gasteiger partial charge < -0.3 is 19.9 Å². The molecule has 0 saturated heterocycles. The number of nitrogens with two attached hydrogens (primary N) is 1. The lowest BCUT2D eigenvalue weighted by atomic mass is 9.78. The van der Waals surface area contributed by atoms with Gasteiger partial charge in [-0.3, -0.25) is 0 Å². The van der Waals surface area contributed by atoms with Crippen LogP contribution in [0.3, 0.4) is 0 Å². The van der Waals surface area contributed by atoms with Crippen LogP contribution in [0, 0.1) is 11.3 Å². The highest BCUT2D eigenvalue weighted by molar-refractivity contribution is 5.64. The molecule has 1 aliphatic carbocycles. The van der Waals surface area contributed by atoms with Crippen molar-refractivity contribution in [3.05, 3.63) is 77.6 Å². The zero-order chi connectivity index (χ0) is 23.4. The van der Waals surface area contributed by atoms with Crippen molar-refractivity contribution in [3.8, 4) is 23.6 Å². The number of rotatable bonds is 7. The van der Waals surface area contributed by atoms with Gasteiger partial charge in [0, 0.05) is 24.5 Å². The molecule has 2 aromatic carbocycles. The van der Waals surface area contributed by atoms with E-state index >= 15 is 0 Å². The molecule has 168 valence electrons. The van der Waals surface area contributed by atoms with Crippen molar-refractivity contribution in [1.82, 2.24) is 9.97 Å². The summed E-state index contributed by atoms with van der Waals surface area (Å²) in [5.41, 5.74) is 7.29. The first-order chi connectivity index (χ1) is 15.8. The topological polar surface area (TPSA) is 120 Å². The van der Waals surface area contributed by atoms with Crippen LogP contribution in [0.5, 0.6) is 17.5 Å². The number of nitrogens with zero attached hydrogens (tertiary/aromatic N) is 3. The Labute approximate surface area is 191 Å². The smallest absolute Gasteiger partial charge is 0.404 e. The van der Waals surface area contributed by atoms with E-state index in [0.717, 1.165) is 16.9 Å². The Hall–Kier alpha value is -4.12. The van der Waals surface area contributed by atoms with Gasteiger partial charge in [-0.25, -0.2) is 9.78 Å². The first kappa shape index (κ1) is 22.1. The molecule has 1 amide bonds. The number of carbonyl (C=O) groups excluding carboxylic acids is 1. The van der Waals surface area contributed by atoms with Crippen molar-refractivity contribution in [2.75, 3.05) is 0 Å². The second-order valence-corrected chi connectivity index (χ2v) is 8.38.